The minimum Gasteiger partial charge on any atom is -0.325 e. The first-order valence-corrected chi connectivity index (χ1v) is 6.50. The second-order valence-electron chi connectivity index (χ2n) is 4.62. The summed E-state index contributed by atoms with van der Waals surface area (Å²) in [6.07, 6.45) is 2.11. The number of carbonyl (C=O) groups is 1. The van der Waals surface area contributed by atoms with Gasteiger partial charge in [0.2, 0.25) is 5.91 Å². The van der Waals surface area contributed by atoms with Crippen LogP contribution in [0.15, 0.2) is 41.5 Å². The van der Waals surface area contributed by atoms with Crippen molar-refractivity contribution >= 4 is 11.6 Å². The Balaban J connectivity index is 2.07. The molecule has 1 N–H and O–H groups in total. The second-order valence-corrected chi connectivity index (χ2v) is 4.62. The van der Waals surface area contributed by atoms with Crippen LogP contribution in [-0.4, -0.2) is 15.5 Å². The van der Waals surface area contributed by atoms with Gasteiger partial charge in [0, 0.05) is 17.4 Å². The van der Waals surface area contributed by atoms with E-state index >= 15 is 0 Å². The van der Waals surface area contributed by atoms with Crippen molar-refractivity contribution < 1.29 is 4.79 Å². The molecule has 0 aliphatic rings. The van der Waals surface area contributed by atoms with E-state index < -0.39 is 0 Å². The maximum absolute atomic E-state index is 11.9. The molecule has 1 amide bonds. The molecule has 1 aromatic carbocycles. The first-order chi connectivity index (χ1) is 9.58. The average molecular weight is 271 g/mol. The van der Waals surface area contributed by atoms with Gasteiger partial charge in [-0.15, -0.1) is 0 Å². The van der Waals surface area contributed by atoms with Gasteiger partial charge in [-0.2, -0.15) is 0 Å². The molecule has 0 atom stereocenters. The molecule has 0 fully saturated rings. The fourth-order valence-corrected chi connectivity index (χ4v) is 1.85. The molecule has 0 aliphatic carbocycles. The van der Waals surface area contributed by atoms with Crippen LogP contribution in [0.4, 0.5) is 5.69 Å². The first-order valence-electron chi connectivity index (χ1n) is 6.50. The van der Waals surface area contributed by atoms with Crippen LogP contribution < -0.4 is 10.9 Å². The Morgan fingerprint density at radius 2 is 2.15 bits per heavy atom. The molecule has 20 heavy (non-hydrogen) atoms. The largest absolute Gasteiger partial charge is 0.325 e. The third kappa shape index (κ3) is 3.54. The Morgan fingerprint density at radius 3 is 2.80 bits per heavy atom. The van der Waals surface area contributed by atoms with E-state index in [2.05, 4.69) is 10.3 Å². The van der Waals surface area contributed by atoms with Gasteiger partial charge in [-0.3, -0.25) is 14.2 Å². The Kier molecular flexibility index (Phi) is 4.30. The van der Waals surface area contributed by atoms with Crippen LogP contribution in [0.3, 0.4) is 0 Å². The number of carbonyl (C=O) groups excluding carboxylic acids is 1. The molecule has 1 aromatic heterocycles. The Labute approximate surface area is 117 Å². The Hall–Kier alpha value is -2.43. The van der Waals surface area contributed by atoms with E-state index in [-0.39, 0.29) is 18.0 Å². The predicted molar refractivity (Wildman–Crippen MR) is 77.7 cm³/mol. The molecule has 0 bridgehead atoms. The monoisotopic (exact) mass is 271 g/mol. The molecule has 5 heteroatoms. The van der Waals surface area contributed by atoms with Gasteiger partial charge in [0.15, 0.2) is 0 Å². The lowest BCUT2D eigenvalue weighted by atomic mass is 10.2. The van der Waals surface area contributed by atoms with Crippen LogP contribution >= 0.6 is 0 Å². The molecule has 5 nitrogen and oxygen atoms in total. The van der Waals surface area contributed by atoms with E-state index in [1.165, 1.54) is 17.0 Å². The lowest BCUT2D eigenvalue weighted by Crippen LogP contribution is -2.27. The summed E-state index contributed by atoms with van der Waals surface area (Å²) in [5, 5.41) is 2.76. The van der Waals surface area contributed by atoms with E-state index in [1.807, 2.05) is 38.1 Å². The third-order valence-corrected chi connectivity index (χ3v) is 2.91. The van der Waals surface area contributed by atoms with E-state index in [0.29, 0.717) is 6.42 Å². The van der Waals surface area contributed by atoms with Gasteiger partial charge in [-0.05, 0) is 31.0 Å². The number of anilines is 1. The van der Waals surface area contributed by atoms with Crippen molar-refractivity contribution in [2.75, 3.05) is 5.32 Å². The van der Waals surface area contributed by atoms with Gasteiger partial charge in [0.25, 0.3) is 5.56 Å². The van der Waals surface area contributed by atoms with Crippen LogP contribution in [-0.2, 0) is 17.8 Å². The van der Waals surface area contributed by atoms with Gasteiger partial charge in [-0.1, -0.05) is 19.1 Å². The number of aromatic nitrogens is 2. The van der Waals surface area contributed by atoms with Crippen molar-refractivity contribution in [1.82, 2.24) is 9.55 Å². The van der Waals surface area contributed by atoms with Crippen LogP contribution in [0.5, 0.6) is 0 Å². The average Bonchev–Trinajstić information content (AvgIpc) is 2.41. The summed E-state index contributed by atoms with van der Waals surface area (Å²) in [7, 11) is 0. The molecule has 2 aromatic rings. The van der Waals surface area contributed by atoms with Crippen LogP contribution in [0.2, 0.25) is 0 Å². The fourth-order valence-electron chi connectivity index (χ4n) is 1.85. The summed E-state index contributed by atoms with van der Waals surface area (Å²) in [5.41, 5.74) is 2.30. The molecule has 0 aliphatic heterocycles. The predicted octanol–water partition coefficient (Wildman–Crippen LogP) is 1.75. The quantitative estimate of drug-likeness (QED) is 0.921. The van der Waals surface area contributed by atoms with E-state index in [1.54, 1.807) is 0 Å². The molecule has 1 heterocycles. The zero-order valence-electron chi connectivity index (χ0n) is 11.6. The molecule has 0 saturated carbocycles. The SMILES string of the molecule is CCc1cc(=O)n(CC(=O)Nc2cccc(C)c2)cn1. The summed E-state index contributed by atoms with van der Waals surface area (Å²) in [5.74, 6) is -0.247. The van der Waals surface area contributed by atoms with Crippen LogP contribution in [0.25, 0.3) is 0 Å². The molecular weight excluding hydrogens is 254 g/mol. The molecule has 0 radical (unpaired) electrons. The molecule has 104 valence electrons. The Bertz CT molecular complexity index is 677. The van der Waals surface area contributed by atoms with Crippen LogP contribution in [0, 0.1) is 6.92 Å². The summed E-state index contributed by atoms with van der Waals surface area (Å²) in [6.45, 7) is 3.84. The summed E-state index contributed by atoms with van der Waals surface area (Å²) < 4.78 is 1.30. The smallest absolute Gasteiger partial charge is 0.253 e. The lowest BCUT2D eigenvalue weighted by Gasteiger charge is -2.08. The van der Waals surface area contributed by atoms with Crippen molar-refractivity contribution in [2.24, 2.45) is 0 Å². The number of aryl methyl sites for hydroxylation is 2. The highest BCUT2D eigenvalue weighted by Gasteiger charge is 2.06. The lowest BCUT2D eigenvalue weighted by molar-refractivity contribution is -0.116. The summed E-state index contributed by atoms with van der Waals surface area (Å²) in [6, 6.07) is 8.97. The van der Waals surface area contributed by atoms with Crippen molar-refractivity contribution in [3.05, 3.63) is 58.3 Å². The standard InChI is InChI=1S/C15H17N3O2/c1-3-12-8-15(20)18(10-16-12)9-14(19)17-13-6-4-5-11(2)7-13/h4-8,10H,3,9H2,1-2H3,(H,17,19). The van der Waals surface area contributed by atoms with E-state index in [0.717, 1.165) is 16.9 Å². The number of nitrogens with zero attached hydrogens (tertiary/aromatic N) is 2. The van der Waals surface area contributed by atoms with Crippen LogP contribution in [0.1, 0.15) is 18.2 Å². The molecule has 0 saturated heterocycles. The molecule has 0 unspecified atom stereocenters. The molecular formula is C15H17N3O2. The zero-order valence-corrected chi connectivity index (χ0v) is 11.6. The Morgan fingerprint density at radius 1 is 1.35 bits per heavy atom. The highest BCUT2D eigenvalue weighted by Crippen LogP contribution is 2.09. The minimum absolute atomic E-state index is 0.0379. The maximum atomic E-state index is 11.9. The van der Waals surface area contributed by atoms with E-state index in [4.69, 9.17) is 0 Å². The summed E-state index contributed by atoms with van der Waals surface area (Å²) in [4.78, 5) is 27.8. The summed E-state index contributed by atoms with van der Waals surface area (Å²) >= 11 is 0. The van der Waals surface area contributed by atoms with Crippen molar-refractivity contribution in [3.8, 4) is 0 Å². The minimum atomic E-state index is -0.247. The van der Waals surface area contributed by atoms with Crippen molar-refractivity contribution in [2.45, 2.75) is 26.8 Å². The third-order valence-electron chi connectivity index (χ3n) is 2.91. The van der Waals surface area contributed by atoms with Gasteiger partial charge >= 0.3 is 0 Å². The maximum Gasteiger partial charge on any atom is 0.253 e. The zero-order chi connectivity index (χ0) is 14.5. The van der Waals surface area contributed by atoms with Gasteiger partial charge in [0.1, 0.15) is 6.54 Å². The number of nitrogens with one attached hydrogen (secondary N) is 1. The molecule has 2 rings (SSSR count). The number of hydrogen-bond acceptors (Lipinski definition) is 3. The number of hydrogen-bond donors (Lipinski definition) is 1. The van der Waals surface area contributed by atoms with E-state index in [9.17, 15) is 9.59 Å². The molecule has 0 spiro atoms. The normalized spacial score (nSPS) is 10.3. The van der Waals surface area contributed by atoms with Gasteiger partial charge < -0.3 is 5.32 Å². The van der Waals surface area contributed by atoms with Crippen molar-refractivity contribution in [3.63, 3.8) is 0 Å². The highest BCUT2D eigenvalue weighted by atomic mass is 16.2. The second kappa shape index (κ2) is 6.14. The number of rotatable bonds is 4. The topological polar surface area (TPSA) is 64.0 Å². The highest BCUT2D eigenvalue weighted by molar-refractivity contribution is 5.90. The van der Waals surface area contributed by atoms with Gasteiger partial charge in [0.05, 0.1) is 6.33 Å². The number of benzene rings is 1. The first kappa shape index (κ1) is 14.0. The fraction of sp³-hybridized carbons (Fsp3) is 0.267. The van der Waals surface area contributed by atoms with Crippen molar-refractivity contribution in [1.29, 1.82) is 0 Å². The number of amides is 1. The van der Waals surface area contributed by atoms with Gasteiger partial charge in [-0.25, -0.2) is 4.98 Å².